The molecule has 2 aromatic heterocycles. The van der Waals surface area contributed by atoms with Gasteiger partial charge in [0.05, 0.1) is 0 Å². The summed E-state index contributed by atoms with van der Waals surface area (Å²) in [5, 5.41) is 13.7. The zero-order chi connectivity index (χ0) is 30.7. The van der Waals surface area contributed by atoms with Crippen molar-refractivity contribution in [1.82, 2.24) is 10.1 Å². The maximum atomic E-state index is 13.4. The third-order valence-electron chi connectivity index (χ3n) is 6.45. The van der Waals surface area contributed by atoms with E-state index in [0.717, 1.165) is 32.7 Å². The van der Waals surface area contributed by atoms with E-state index in [2.05, 4.69) is 5.16 Å². The summed E-state index contributed by atoms with van der Waals surface area (Å²) in [5.74, 6) is -0.316. The van der Waals surface area contributed by atoms with Gasteiger partial charge in [0.15, 0.2) is 0 Å². The van der Waals surface area contributed by atoms with Crippen LogP contribution in [0.3, 0.4) is 0 Å². The first kappa shape index (κ1) is 30.5. The molecule has 0 bridgehead atoms. The van der Waals surface area contributed by atoms with Crippen molar-refractivity contribution >= 4 is 36.7 Å². The molecule has 0 amide bonds. The minimum atomic E-state index is -4.42. The molecular formula is C31H24F4N2O4SSe. The molecule has 0 aliphatic rings. The van der Waals surface area contributed by atoms with Crippen LogP contribution in [0.2, 0.25) is 0 Å². The van der Waals surface area contributed by atoms with Gasteiger partial charge in [0.2, 0.25) is 0 Å². The van der Waals surface area contributed by atoms with Gasteiger partial charge in [-0.1, -0.05) is 0 Å². The van der Waals surface area contributed by atoms with Crippen molar-refractivity contribution < 1.29 is 36.7 Å². The van der Waals surface area contributed by atoms with Crippen LogP contribution in [0.4, 0.5) is 17.6 Å². The fourth-order valence-corrected chi connectivity index (χ4v) is 8.55. The molecule has 1 unspecified atom stereocenters. The average Bonchev–Trinajstić information content (AvgIpc) is 3.59. The van der Waals surface area contributed by atoms with Crippen molar-refractivity contribution in [3.8, 4) is 27.6 Å². The molecule has 222 valence electrons. The monoisotopic (exact) mass is 676 g/mol. The predicted molar refractivity (Wildman–Crippen MR) is 155 cm³/mol. The molecule has 0 aliphatic heterocycles. The Morgan fingerprint density at radius 1 is 1.02 bits per heavy atom. The first-order chi connectivity index (χ1) is 20.5. The molecule has 5 rings (SSSR count). The normalized spacial score (nSPS) is 12.3. The van der Waals surface area contributed by atoms with Gasteiger partial charge in [-0.3, -0.25) is 0 Å². The number of hydrogen-bond acceptors (Lipinski definition) is 6. The van der Waals surface area contributed by atoms with Crippen molar-refractivity contribution in [2.45, 2.75) is 31.3 Å². The van der Waals surface area contributed by atoms with Gasteiger partial charge in [0.25, 0.3) is 0 Å². The predicted octanol–water partition coefficient (Wildman–Crippen LogP) is 7.02. The number of nitrogens with zero attached hydrogens (tertiary/aromatic N) is 2. The topological polar surface area (TPSA) is 85.5 Å². The quantitative estimate of drug-likeness (QED) is 0.127. The molecule has 0 saturated carbocycles. The van der Waals surface area contributed by atoms with Crippen molar-refractivity contribution in [1.29, 1.82) is 0 Å². The van der Waals surface area contributed by atoms with E-state index in [-0.39, 0.29) is 25.6 Å². The number of rotatable bonds is 10. The summed E-state index contributed by atoms with van der Waals surface area (Å²) in [5.41, 5.74) is 2.72. The Labute approximate surface area is 254 Å². The number of hydrogen-bond donors (Lipinski definition) is 1. The molecule has 0 radical (unpaired) electrons. The van der Waals surface area contributed by atoms with Crippen molar-refractivity contribution in [3.05, 3.63) is 106 Å². The van der Waals surface area contributed by atoms with Gasteiger partial charge in [-0.05, 0) is 0 Å². The van der Waals surface area contributed by atoms with Crippen LogP contribution in [0.5, 0.6) is 5.75 Å². The number of aromatic nitrogens is 2. The molecule has 1 N–H and O–H groups in total. The molecule has 0 aliphatic carbocycles. The Kier molecular flexibility index (Phi) is 9.00. The molecule has 0 spiro atoms. The fraction of sp³-hybridized carbons (Fsp3) is 0.194. The summed E-state index contributed by atoms with van der Waals surface area (Å²) in [6.45, 7) is 3.28. The zero-order valence-electron chi connectivity index (χ0n) is 22.8. The molecular weight excluding hydrogens is 651 g/mol. The van der Waals surface area contributed by atoms with Gasteiger partial charge in [0, 0.05) is 0 Å². The number of aliphatic carboxylic acids is 1. The fourth-order valence-electron chi connectivity index (χ4n) is 4.33. The number of carbonyl (C=O) groups is 1. The maximum absolute atomic E-state index is 13.4. The van der Waals surface area contributed by atoms with Crippen LogP contribution in [-0.4, -0.2) is 42.8 Å². The van der Waals surface area contributed by atoms with Crippen LogP contribution in [0.1, 0.15) is 32.3 Å². The molecule has 6 nitrogen and oxygen atoms in total. The third-order valence-corrected chi connectivity index (χ3v) is 10.6. The van der Waals surface area contributed by atoms with E-state index < -0.39 is 24.3 Å². The van der Waals surface area contributed by atoms with Crippen LogP contribution in [0.15, 0.2) is 77.3 Å². The van der Waals surface area contributed by atoms with E-state index in [1.165, 1.54) is 35.6 Å². The van der Waals surface area contributed by atoms with Crippen LogP contribution in [0.25, 0.3) is 21.8 Å². The van der Waals surface area contributed by atoms with Gasteiger partial charge < -0.3 is 0 Å². The van der Waals surface area contributed by atoms with Crippen LogP contribution >= 0.6 is 11.3 Å². The summed E-state index contributed by atoms with van der Waals surface area (Å²) in [6.07, 6.45) is -3.95. The van der Waals surface area contributed by atoms with Crippen molar-refractivity contribution in [2.75, 3.05) is 6.61 Å². The zero-order valence-corrected chi connectivity index (χ0v) is 25.3. The summed E-state index contributed by atoms with van der Waals surface area (Å²) < 4.78 is 64.8. The van der Waals surface area contributed by atoms with E-state index >= 15 is 0 Å². The second-order valence-electron chi connectivity index (χ2n) is 9.65. The first-order valence-corrected chi connectivity index (χ1v) is 15.6. The number of benzene rings is 3. The number of carboxylic acids is 1. The Hall–Kier alpha value is -3.99. The minimum absolute atomic E-state index is 0.0765. The Morgan fingerprint density at radius 2 is 1.72 bits per heavy atom. The van der Waals surface area contributed by atoms with Gasteiger partial charge in [-0.2, -0.15) is 0 Å². The van der Waals surface area contributed by atoms with E-state index in [9.17, 15) is 22.4 Å². The number of alkyl halides is 3. The number of aryl methyl sites for hydroxylation is 2. The molecule has 5 aromatic rings. The Morgan fingerprint density at radius 3 is 2.37 bits per heavy atom. The van der Waals surface area contributed by atoms with Crippen molar-refractivity contribution in [2.24, 2.45) is 0 Å². The molecule has 43 heavy (non-hydrogen) atoms. The molecule has 2 heterocycles. The number of thiazole rings is 1. The Bertz CT molecular complexity index is 1730. The number of ether oxygens (including phenoxy) is 1. The van der Waals surface area contributed by atoms with Gasteiger partial charge in [-0.15, -0.1) is 0 Å². The SMILES string of the molecule is Cc1cc([Se]C(Cc2cc(-c3ccc(F)cc3)no2)c2sc(-c3ccc(C(F)(F)F)cc3)nc2C)ccc1OCC(=O)O. The summed E-state index contributed by atoms with van der Waals surface area (Å²) in [6, 6.07) is 18.3. The summed E-state index contributed by atoms with van der Waals surface area (Å²) >= 11 is 1.25. The van der Waals surface area contributed by atoms with Crippen LogP contribution < -0.4 is 9.20 Å². The van der Waals surface area contributed by atoms with E-state index in [4.69, 9.17) is 19.4 Å². The molecule has 0 saturated heterocycles. The second kappa shape index (κ2) is 12.7. The number of carboxylic acid groups (broad SMARTS) is 1. The third kappa shape index (κ3) is 7.51. The van der Waals surface area contributed by atoms with Gasteiger partial charge >= 0.3 is 255 Å². The Balaban J connectivity index is 1.45. The molecule has 3 aromatic carbocycles. The molecule has 1 atom stereocenters. The standard InChI is InChI=1S/C31H24F4N2O4SSe/c1-17-13-24(11-12-26(17)40-16-28(38)39)43-27(15-23-14-25(37-41-23)19-5-9-22(32)10-6-19)29-18(2)36-30(42-29)20-3-7-21(8-4-20)31(33,34)35/h3-14,27H,15-16H2,1-2H3,(H,38,39). The van der Waals surface area contributed by atoms with E-state index in [1.54, 1.807) is 18.2 Å². The van der Waals surface area contributed by atoms with Crippen molar-refractivity contribution in [3.63, 3.8) is 0 Å². The second-order valence-corrected chi connectivity index (χ2v) is 13.4. The first-order valence-electron chi connectivity index (χ1n) is 12.9. The molecule has 0 fully saturated rings. The number of halogens is 4. The summed E-state index contributed by atoms with van der Waals surface area (Å²) in [7, 11) is 0. The van der Waals surface area contributed by atoms with Crippen LogP contribution in [0, 0.1) is 19.7 Å². The van der Waals surface area contributed by atoms with E-state index in [1.807, 2.05) is 32.0 Å². The van der Waals surface area contributed by atoms with E-state index in [0.29, 0.717) is 39.8 Å². The summed E-state index contributed by atoms with van der Waals surface area (Å²) in [4.78, 5) is 16.5. The van der Waals surface area contributed by atoms with Gasteiger partial charge in [-0.25, -0.2) is 0 Å². The van der Waals surface area contributed by atoms with Crippen LogP contribution in [-0.2, 0) is 17.4 Å². The average molecular weight is 676 g/mol. The molecule has 12 heteroatoms. The van der Waals surface area contributed by atoms with Gasteiger partial charge in [0.1, 0.15) is 0 Å².